The van der Waals surface area contributed by atoms with Gasteiger partial charge in [-0.25, -0.2) is 4.98 Å². The summed E-state index contributed by atoms with van der Waals surface area (Å²) >= 11 is 9.12. The highest BCUT2D eigenvalue weighted by Gasteiger charge is 2.10. The number of nitrogens with zero attached hydrogens (tertiary/aromatic N) is 2. The van der Waals surface area contributed by atoms with Crippen LogP contribution in [-0.2, 0) is 0 Å². The molecule has 0 saturated carbocycles. The third kappa shape index (κ3) is 3.01. The van der Waals surface area contributed by atoms with Crippen molar-refractivity contribution in [3.05, 3.63) is 51.8 Å². The molecule has 6 heteroatoms. The van der Waals surface area contributed by atoms with E-state index in [0.29, 0.717) is 16.4 Å². The number of aromatic nitrogens is 2. The molecule has 0 aromatic carbocycles. The van der Waals surface area contributed by atoms with E-state index in [-0.39, 0.29) is 5.91 Å². The molecule has 2 heterocycles. The number of pyridine rings is 2. The number of anilines is 1. The van der Waals surface area contributed by atoms with E-state index in [1.54, 1.807) is 24.4 Å². The lowest BCUT2D eigenvalue weighted by Gasteiger charge is -2.05. The molecule has 17 heavy (non-hydrogen) atoms. The SMILES string of the molecule is O=C(Nc1ccc(Br)cn1)c1ccncc1Cl. The molecule has 1 N–H and O–H groups in total. The van der Waals surface area contributed by atoms with Gasteiger partial charge in [-0.15, -0.1) is 0 Å². The normalized spacial score (nSPS) is 10.0. The summed E-state index contributed by atoms with van der Waals surface area (Å²) in [5.74, 6) is 0.151. The van der Waals surface area contributed by atoms with Crippen LogP contribution in [-0.4, -0.2) is 15.9 Å². The average molecular weight is 313 g/mol. The van der Waals surface area contributed by atoms with Crippen LogP contribution in [0.2, 0.25) is 5.02 Å². The fourth-order valence-electron chi connectivity index (χ4n) is 1.19. The monoisotopic (exact) mass is 311 g/mol. The summed E-state index contributed by atoms with van der Waals surface area (Å²) in [5, 5.41) is 2.95. The molecule has 0 unspecified atom stereocenters. The number of hydrogen-bond acceptors (Lipinski definition) is 3. The van der Waals surface area contributed by atoms with Gasteiger partial charge in [-0.05, 0) is 34.1 Å². The first-order chi connectivity index (χ1) is 8.16. The fourth-order valence-corrected chi connectivity index (χ4v) is 1.63. The summed E-state index contributed by atoms with van der Waals surface area (Å²) in [6.07, 6.45) is 4.53. The number of halogens is 2. The van der Waals surface area contributed by atoms with Crippen molar-refractivity contribution in [3.8, 4) is 0 Å². The first kappa shape index (κ1) is 12.0. The first-order valence-electron chi connectivity index (χ1n) is 4.69. The maximum Gasteiger partial charge on any atom is 0.258 e. The zero-order chi connectivity index (χ0) is 12.3. The Morgan fingerprint density at radius 3 is 2.76 bits per heavy atom. The van der Waals surface area contributed by atoms with Gasteiger partial charge in [0.05, 0.1) is 10.6 Å². The van der Waals surface area contributed by atoms with Crippen LogP contribution in [0.4, 0.5) is 5.82 Å². The molecule has 0 saturated heterocycles. The number of nitrogens with one attached hydrogen (secondary N) is 1. The van der Waals surface area contributed by atoms with Gasteiger partial charge >= 0.3 is 0 Å². The Balaban J connectivity index is 2.17. The van der Waals surface area contributed by atoms with Gasteiger partial charge in [-0.3, -0.25) is 9.78 Å². The lowest BCUT2D eigenvalue weighted by Crippen LogP contribution is -2.13. The van der Waals surface area contributed by atoms with Crippen LogP contribution in [0.15, 0.2) is 41.3 Å². The van der Waals surface area contributed by atoms with E-state index < -0.39 is 0 Å². The number of carbonyl (C=O) groups excluding carboxylic acids is 1. The van der Waals surface area contributed by atoms with Crippen molar-refractivity contribution in [2.75, 3.05) is 5.32 Å². The van der Waals surface area contributed by atoms with E-state index in [2.05, 4.69) is 31.2 Å². The van der Waals surface area contributed by atoms with Crippen molar-refractivity contribution in [1.82, 2.24) is 9.97 Å². The topological polar surface area (TPSA) is 54.9 Å². The van der Waals surface area contributed by atoms with Crippen molar-refractivity contribution in [1.29, 1.82) is 0 Å². The average Bonchev–Trinajstić information content (AvgIpc) is 2.32. The Labute approximate surface area is 111 Å². The summed E-state index contributed by atoms with van der Waals surface area (Å²) in [6, 6.07) is 5.03. The highest BCUT2D eigenvalue weighted by molar-refractivity contribution is 9.10. The molecule has 0 radical (unpaired) electrons. The maximum absolute atomic E-state index is 11.8. The van der Waals surface area contributed by atoms with Gasteiger partial charge in [-0.2, -0.15) is 0 Å². The molecule has 0 aliphatic carbocycles. The van der Waals surface area contributed by atoms with Gasteiger partial charge < -0.3 is 5.32 Å². The molecule has 1 amide bonds. The van der Waals surface area contributed by atoms with E-state index in [1.807, 2.05) is 0 Å². The molecule has 4 nitrogen and oxygen atoms in total. The minimum Gasteiger partial charge on any atom is -0.307 e. The number of rotatable bonds is 2. The standard InChI is InChI=1S/C11H7BrClN3O/c12-7-1-2-10(15-5-7)16-11(17)8-3-4-14-6-9(8)13/h1-6H,(H,15,16,17). The molecule has 0 aliphatic rings. The van der Waals surface area contributed by atoms with E-state index in [4.69, 9.17) is 11.6 Å². The molecule has 0 bridgehead atoms. The largest absolute Gasteiger partial charge is 0.307 e. The molecule has 0 fully saturated rings. The molecule has 86 valence electrons. The molecule has 0 spiro atoms. The van der Waals surface area contributed by atoms with Crippen LogP contribution in [0.3, 0.4) is 0 Å². The molecule has 0 atom stereocenters. The fraction of sp³-hybridized carbons (Fsp3) is 0. The summed E-state index contributed by atoms with van der Waals surface area (Å²) in [7, 11) is 0. The van der Waals surface area contributed by atoms with Gasteiger partial charge in [-0.1, -0.05) is 11.6 Å². The van der Waals surface area contributed by atoms with E-state index in [0.717, 1.165) is 4.47 Å². The van der Waals surface area contributed by atoms with Crippen LogP contribution in [0.1, 0.15) is 10.4 Å². The quantitative estimate of drug-likeness (QED) is 0.927. The first-order valence-corrected chi connectivity index (χ1v) is 5.86. The van der Waals surface area contributed by atoms with Gasteiger partial charge in [0.25, 0.3) is 5.91 Å². The van der Waals surface area contributed by atoms with Crippen molar-refractivity contribution >= 4 is 39.3 Å². The number of hydrogen-bond donors (Lipinski definition) is 1. The second kappa shape index (κ2) is 5.25. The van der Waals surface area contributed by atoms with Crippen LogP contribution in [0, 0.1) is 0 Å². The van der Waals surface area contributed by atoms with Crippen LogP contribution < -0.4 is 5.32 Å². The van der Waals surface area contributed by atoms with E-state index in [9.17, 15) is 4.79 Å². The Morgan fingerprint density at radius 1 is 1.29 bits per heavy atom. The molecular weight excluding hydrogens is 305 g/mol. The summed E-state index contributed by atoms with van der Waals surface area (Å²) in [6.45, 7) is 0. The highest BCUT2D eigenvalue weighted by Crippen LogP contribution is 2.16. The minimum absolute atomic E-state index is 0.308. The predicted octanol–water partition coefficient (Wildman–Crippen LogP) is 3.14. The van der Waals surface area contributed by atoms with Crippen molar-refractivity contribution in [3.63, 3.8) is 0 Å². The lowest BCUT2D eigenvalue weighted by molar-refractivity contribution is 0.102. The van der Waals surface area contributed by atoms with Crippen LogP contribution >= 0.6 is 27.5 Å². The highest BCUT2D eigenvalue weighted by atomic mass is 79.9. The summed E-state index contributed by atoms with van der Waals surface area (Å²) < 4.78 is 0.845. The lowest BCUT2D eigenvalue weighted by atomic mass is 10.2. The Morgan fingerprint density at radius 2 is 2.12 bits per heavy atom. The second-order valence-corrected chi connectivity index (χ2v) is 4.49. The van der Waals surface area contributed by atoms with Crippen LogP contribution in [0.25, 0.3) is 0 Å². The van der Waals surface area contributed by atoms with Crippen molar-refractivity contribution in [2.45, 2.75) is 0 Å². The van der Waals surface area contributed by atoms with Gasteiger partial charge in [0.1, 0.15) is 5.82 Å². The van der Waals surface area contributed by atoms with Crippen molar-refractivity contribution < 1.29 is 4.79 Å². The van der Waals surface area contributed by atoms with Gasteiger partial charge in [0, 0.05) is 23.1 Å². The van der Waals surface area contributed by atoms with Gasteiger partial charge in [0.2, 0.25) is 0 Å². The molecule has 2 aromatic rings. The molecule has 0 aliphatic heterocycles. The third-order valence-electron chi connectivity index (χ3n) is 1.99. The Hall–Kier alpha value is -1.46. The zero-order valence-corrected chi connectivity index (χ0v) is 10.9. The van der Waals surface area contributed by atoms with Crippen molar-refractivity contribution in [2.24, 2.45) is 0 Å². The Kier molecular flexibility index (Phi) is 3.71. The van der Waals surface area contributed by atoms with E-state index in [1.165, 1.54) is 12.4 Å². The minimum atomic E-state index is -0.313. The maximum atomic E-state index is 11.8. The molecule has 2 rings (SSSR count). The number of amides is 1. The second-order valence-electron chi connectivity index (χ2n) is 3.17. The molecule has 2 aromatic heterocycles. The molecular formula is C11H7BrClN3O. The zero-order valence-electron chi connectivity index (χ0n) is 8.52. The third-order valence-corrected chi connectivity index (χ3v) is 2.76. The van der Waals surface area contributed by atoms with E-state index >= 15 is 0 Å². The smallest absolute Gasteiger partial charge is 0.258 e. The van der Waals surface area contributed by atoms with Crippen LogP contribution in [0.5, 0.6) is 0 Å². The van der Waals surface area contributed by atoms with Gasteiger partial charge in [0.15, 0.2) is 0 Å². The Bertz CT molecular complexity index is 545. The predicted molar refractivity (Wildman–Crippen MR) is 69.1 cm³/mol. The summed E-state index contributed by atoms with van der Waals surface area (Å²) in [4.78, 5) is 19.7. The summed E-state index contributed by atoms with van der Waals surface area (Å²) in [5.41, 5.74) is 0.367. The number of carbonyl (C=O) groups is 1.